The standard InChI is InChI=1S/C15H19NO5/c1-9(2)6-11(15(18)19-3)16-14(17)10-4-5-12-13(7-10)21-8-20-12/h4-5,7,9,11H,6,8H2,1-3H3,(H,16,17)/t11-/m0/s1. The molecule has 0 fully saturated rings. The zero-order valence-corrected chi connectivity index (χ0v) is 12.3. The molecular formula is C15H19NO5. The fraction of sp³-hybridized carbons (Fsp3) is 0.467. The molecule has 0 radical (unpaired) electrons. The van der Waals surface area contributed by atoms with Gasteiger partial charge < -0.3 is 19.5 Å². The van der Waals surface area contributed by atoms with Crippen LogP contribution in [0.15, 0.2) is 18.2 Å². The molecule has 0 bridgehead atoms. The largest absolute Gasteiger partial charge is 0.467 e. The Labute approximate surface area is 123 Å². The Morgan fingerprint density at radius 3 is 2.67 bits per heavy atom. The molecule has 0 unspecified atom stereocenters. The summed E-state index contributed by atoms with van der Waals surface area (Å²) >= 11 is 0. The monoisotopic (exact) mass is 293 g/mol. The number of benzene rings is 1. The molecule has 1 heterocycles. The fourth-order valence-corrected chi connectivity index (χ4v) is 2.11. The van der Waals surface area contributed by atoms with Gasteiger partial charge in [0.05, 0.1) is 7.11 Å². The highest BCUT2D eigenvalue weighted by atomic mass is 16.7. The molecule has 1 amide bonds. The number of rotatable bonds is 5. The average molecular weight is 293 g/mol. The highest BCUT2D eigenvalue weighted by Crippen LogP contribution is 2.32. The fourth-order valence-electron chi connectivity index (χ4n) is 2.11. The summed E-state index contributed by atoms with van der Waals surface area (Å²) in [6.45, 7) is 4.10. The normalized spacial score (nSPS) is 13.9. The highest BCUT2D eigenvalue weighted by molar-refractivity contribution is 5.97. The van der Waals surface area contributed by atoms with Crippen molar-refractivity contribution in [3.05, 3.63) is 23.8 Å². The summed E-state index contributed by atoms with van der Waals surface area (Å²) in [5, 5.41) is 2.70. The number of ether oxygens (including phenoxy) is 3. The first-order valence-corrected chi connectivity index (χ1v) is 6.79. The third-order valence-electron chi connectivity index (χ3n) is 3.13. The van der Waals surface area contributed by atoms with Crippen molar-refractivity contribution in [1.82, 2.24) is 5.32 Å². The van der Waals surface area contributed by atoms with Crippen LogP contribution < -0.4 is 14.8 Å². The summed E-state index contributed by atoms with van der Waals surface area (Å²) in [4.78, 5) is 24.0. The van der Waals surface area contributed by atoms with Crippen molar-refractivity contribution in [2.45, 2.75) is 26.3 Å². The zero-order chi connectivity index (χ0) is 15.4. The van der Waals surface area contributed by atoms with Gasteiger partial charge in [0, 0.05) is 5.56 Å². The van der Waals surface area contributed by atoms with Crippen LogP contribution in [0.5, 0.6) is 11.5 Å². The Morgan fingerprint density at radius 1 is 1.29 bits per heavy atom. The van der Waals surface area contributed by atoms with Gasteiger partial charge in [-0.1, -0.05) is 13.8 Å². The van der Waals surface area contributed by atoms with Crippen LogP contribution in [0.2, 0.25) is 0 Å². The van der Waals surface area contributed by atoms with Crippen LogP contribution in [0.4, 0.5) is 0 Å². The van der Waals surface area contributed by atoms with Crippen molar-refractivity contribution >= 4 is 11.9 Å². The zero-order valence-electron chi connectivity index (χ0n) is 12.3. The molecule has 6 heteroatoms. The molecule has 0 saturated carbocycles. The lowest BCUT2D eigenvalue weighted by atomic mass is 10.0. The van der Waals surface area contributed by atoms with Gasteiger partial charge in [-0.2, -0.15) is 0 Å². The van der Waals surface area contributed by atoms with Gasteiger partial charge in [0.1, 0.15) is 6.04 Å². The first-order valence-electron chi connectivity index (χ1n) is 6.79. The van der Waals surface area contributed by atoms with Gasteiger partial charge in [0.2, 0.25) is 6.79 Å². The van der Waals surface area contributed by atoms with E-state index < -0.39 is 12.0 Å². The molecule has 1 atom stereocenters. The van der Waals surface area contributed by atoms with Gasteiger partial charge in [-0.15, -0.1) is 0 Å². The Hall–Kier alpha value is -2.24. The number of esters is 1. The third-order valence-corrected chi connectivity index (χ3v) is 3.13. The number of carbonyl (C=O) groups excluding carboxylic acids is 2. The maximum atomic E-state index is 12.2. The lowest BCUT2D eigenvalue weighted by Crippen LogP contribution is -2.42. The minimum Gasteiger partial charge on any atom is -0.467 e. The Kier molecular flexibility index (Phi) is 4.67. The van der Waals surface area contributed by atoms with E-state index in [4.69, 9.17) is 14.2 Å². The molecule has 1 aromatic carbocycles. The van der Waals surface area contributed by atoms with Gasteiger partial charge in [-0.25, -0.2) is 4.79 Å². The van der Waals surface area contributed by atoms with E-state index in [1.807, 2.05) is 13.8 Å². The van der Waals surface area contributed by atoms with Crippen molar-refractivity contribution in [3.63, 3.8) is 0 Å². The minimum atomic E-state index is -0.659. The van der Waals surface area contributed by atoms with Crippen LogP contribution in [0, 0.1) is 5.92 Å². The molecule has 1 N–H and O–H groups in total. The number of nitrogens with one attached hydrogen (secondary N) is 1. The number of hydrogen-bond donors (Lipinski definition) is 1. The molecule has 6 nitrogen and oxygen atoms in total. The van der Waals surface area contributed by atoms with Gasteiger partial charge in [-0.05, 0) is 30.5 Å². The molecule has 0 saturated heterocycles. The van der Waals surface area contributed by atoms with Crippen molar-refractivity contribution in [1.29, 1.82) is 0 Å². The number of fused-ring (bicyclic) bond motifs is 1. The number of methoxy groups -OCH3 is 1. The quantitative estimate of drug-likeness (QED) is 0.837. The van der Waals surface area contributed by atoms with Crippen LogP contribution >= 0.6 is 0 Å². The first kappa shape index (κ1) is 15.2. The van der Waals surface area contributed by atoms with Crippen molar-refractivity contribution < 1.29 is 23.8 Å². The number of hydrogen-bond acceptors (Lipinski definition) is 5. The third kappa shape index (κ3) is 3.65. The molecule has 21 heavy (non-hydrogen) atoms. The minimum absolute atomic E-state index is 0.151. The maximum Gasteiger partial charge on any atom is 0.328 e. The Morgan fingerprint density at radius 2 is 2.00 bits per heavy atom. The second-order valence-electron chi connectivity index (χ2n) is 5.25. The molecule has 0 aromatic heterocycles. The first-order chi connectivity index (χ1) is 10.0. The predicted octanol–water partition coefficient (Wildman–Crippen LogP) is 1.73. The summed E-state index contributed by atoms with van der Waals surface area (Å²) < 4.78 is 15.2. The molecule has 1 aromatic rings. The van der Waals surface area contributed by atoms with Gasteiger partial charge in [0.25, 0.3) is 5.91 Å². The molecule has 0 aliphatic carbocycles. The van der Waals surface area contributed by atoms with E-state index >= 15 is 0 Å². The predicted molar refractivity (Wildman–Crippen MR) is 75.3 cm³/mol. The summed E-state index contributed by atoms with van der Waals surface area (Å²) in [6, 6.07) is 4.24. The average Bonchev–Trinajstić information content (AvgIpc) is 2.92. The van der Waals surface area contributed by atoms with Gasteiger partial charge in [-0.3, -0.25) is 4.79 Å². The van der Waals surface area contributed by atoms with Gasteiger partial charge in [0.15, 0.2) is 11.5 Å². The number of amides is 1. The Balaban J connectivity index is 2.09. The molecule has 114 valence electrons. The van der Waals surface area contributed by atoms with Crippen LogP contribution in [-0.2, 0) is 9.53 Å². The maximum absolute atomic E-state index is 12.2. The van der Waals surface area contributed by atoms with Crippen LogP contribution in [0.25, 0.3) is 0 Å². The van der Waals surface area contributed by atoms with E-state index in [9.17, 15) is 9.59 Å². The lowest BCUT2D eigenvalue weighted by molar-refractivity contribution is -0.143. The second-order valence-corrected chi connectivity index (χ2v) is 5.25. The highest BCUT2D eigenvalue weighted by Gasteiger charge is 2.24. The van der Waals surface area contributed by atoms with Crippen molar-refractivity contribution in [2.24, 2.45) is 5.92 Å². The second kappa shape index (κ2) is 6.47. The summed E-state index contributed by atoms with van der Waals surface area (Å²) in [7, 11) is 1.31. The van der Waals surface area contributed by atoms with Gasteiger partial charge >= 0.3 is 5.97 Å². The molecule has 0 spiro atoms. The number of carbonyl (C=O) groups is 2. The summed E-state index contributed by atoms with van der Waals surface area (Å²) in [6.07, 6.45) is 0.517. The molecule has 2 rings (SSSR count). The van der Waals surface area contributed by atoms with Crippen molar-refractivity contribution in [2.75, 3.05) is 13.9 Å². The summed E-state index contributed by atoms with van der Waals surface area (Å²) in [5.74, 6) is 0.604. The SMILES string of the molecule is COC(=O)[C@H](CC(C)C)NC(=O)c1ccc2c(c1)OCO2. The van der Waals surface area contributed by atoms with Crippen molar-refractivity contribution in [3.8, 4) is 11.5 Å². The van der Waals surface area contributed by atoms with E-state index in [-0.39, 0.29) is 18.6 Å². The van der Waals surface area contributed by atoms with Crippen LogP contribution in [0.1, 0.15) is 30.6 Å². The molecule has 1 aliphatic heterocycles. The molecule has 1 aliphatic rings. The van der Waals surface area contributed by atoms with E-state index in [1.54, 1.807) is 18.2 Å². The van der Waals surface area contributed by atoms with E-state index in [2.05, 4.69) is 5.32 Å². The van der Waals surface area contributed by atoms with E-state index in [0.29, 0.717) is 23.5 Å². The van der Waals surface area contributed by atoms with Crippen LogP contribution in [-0.4, -0.2) is 31.8 Å². The topological polar surface area (TPSA) is 73.9 Å². The lowest BCUT2D eigenvalue weighted by Gasteiger charge is -2.18. The molecular weight excluding hydrogens is 274 g/mol. The smallest absolute Gasteiger partial charge is 0.328 e. The van der Waals surface area contributed by atoms with E-state index in [0.717, 1.165) is 0 Å². The van der Waals surface area contributed by atoms with E-state index in [1.165, 1.54) is 7.11 Å². The summed E-state index contributed by atoms with van der Waals surface area (Å²) in [5.41, 5.74) is 0.414. The van der Waals surface area contributed by atoms with Crippen LogP contribution in [0.3, 0.4) is 0 Å². The Bertz CT molecular complexity index is 541.